The summed E-state index contributed by atoms with van der Waals surface area (Å²) in [4.78, 5) is 41.5. The maximum absolute atomic E-state index is 14.1. The first kappa shape index (κ1) is 39.9. The molecule has 6 rings (SSSR count). The molecule has 0 bridgehead atoms. The fourth-order valence-corrected chi connectivity index (χ4v) is 13.5. The maximum atomic E-state index is 14.1. The highest BCUT2D eigenvalue weighted by Crippen LogP contribution is 2.77. The number of ketones is 1. The summed E-state index contributed by atoms with van der Waals surface area (Å²) in [5.74, 6) is 0.956. The third-order valence-electron chi connectivity index (χ3n) is 16.8. The molecule has 0 aliphatic heterocycles. The summed E-state index contributed by atoms with van der Waals surface area (Å²) in [7, 11) is 2.00. The van der Waals surface area contributed by atoms with Gasteiger partial charge in [-0.2, -0.15) is 0 Å². The van der Waals surface area contributed by atoms with E-state index in [1.807, 2.05) is 7.05 Å². The molecule has 5 saturated carbocycles. The summed E-state index contributed by atoms with van der Waals surface area (Å²) in [6.45, 7) is 23.3. The predicted molar refractivity (Wildman–Crippen MR) is 204 cm³/mol. The molecule has 8 nitrogen and oxygen atoms in total. The topological polar surface area (TPSA) is 116 Å². The van der Waals surface area contributed by atoms with Gasteiger partial charge in [0.15, 0.2) is 5.78 Å². The number of esters is 1. The normalized spacial score (nSPS) is 39.1. The van der Waals surface area contributed by atoms with Crippen molar-refractivity contribution in [3.05, 3.63) is 11.1 Å². The Morgan fingerprint density at radius 2 is 1.63 bits per heavy atom. The van der Waals surface area contributed by atoms with Gasteiger partial charge in [-0.25, -0.2) is 0 Å². The van der Waals surface area contributed by atoms with E-state index in [4.69, 9.17) is 4.74 Å². The van der Waals surface area contributed by atoms with Crippen LogP contribution in [-0.4, -0.2) is 78.3 Å². The van der Waals surface area contributed by atoms with Crippen molar-refractivity contribution in [3.8, 4) is 0 Å². The molecule has 9 atom stereocenters. The van der Waals surface area contributed by atoms with Gasteiger partial charge in [0.05, 0.1) is 17.9 Å². The Bertz CT molecular complexity index is 1450. The minimum Gasteiger partial charge on any atom is -0.481 e. The minimum absolute atomic E-state index is 0.0168. The number of carboxylic acids is 1. The van der Waals surface area contributed by atoms with Gasteiger partial charge in [0.25, 0.3) is 0 Å². The van der Waals surface area contributed by atoms with Crippen LogP contribution in [0.2, 0.25) is 0 Å². The second-order valence-corrected chi connectivity index (χ2v) is 20.9. The Morgan fingerprint density at radius 3 is 2.25 bits per heavy atom. The Hall–Kier alpha value is -1.77. The number of carboxylic acid groups (broad SMARTS) is 1. The van der Waals surface area contributed by atoms with Gasteiger partial charge < -0.3 is 20.3 Å². The molecular formula is C44H72N2O6. The number of rotatable bonds is 13. The van der Waals surface area contributed by atoms with Crippen molar-refractivity contribution >= 4 is 17.7 Å². The number of carbonyl (C=O) groups is 3. The molecule has 8 heteroatoms. The van der Waals surface area contributed by atoms with E-state index >= 15 is 0 Å². The number of hydrogen-bond donors (Lipinski definition) is 3. The van der Waals surface area contributed by atoms with Crippen LogP contribution in [0.3, 0.4) is 0 Å². The molecule has 0 spiro atoms. The minimum atomic E-state index is -1.16. The molecule has 0 radical (unpaired) electrons. The summed E-state index contributed by atoms with van der Waals surface area (Å²) in [6.07, 6.45) is 10.2. The SMILES string of the molecule is CNCCN(CC1CC1)CC(O)C12CCC3(C)C(CCC4C5(C)CCC(OC(=O)CC(C)(C)C(=O)O)C(C)(C)C5CCC43C)C1=C(C(C)C)C(=O)C2. The van der Waals surface area contributed by atoms with Crippen LogP contribution in [0.4, 0.5) is 0 Å². The van der Waals surface area contributed by atoms with Gasteiger partial charge in [-0.05, 0) is 137 Å². The van der Waals surface area contributed by atoms with E-state index in [0.29, 0.717) is 30.7 Å². The van der Waals surface area contributed by atoms with E-state index in [2.05, 4.69) is 58.7 Å². The third-order valence-corrected chi connectivity index (χ3v) is 16.8. The Balaban J connectivity index is 1.28. The van der Waals surface area contributed by atoms with Crippen LogP contribution >= 0.6 is 0 Å². The number of nitrogens with one attached hydrogen (secondary N) is 1. The van der Waals surface area contributed by atoms with Crippen LogP contribution in [0.1, 0.15) is 139 Å². The van der Waals surface area contributed by atoms with Gasteiger partial charge in [-0.1, -0.05) is 54.0 Å². The molecule has 0 saturated heterocycles. The number of hydrogen-bond acceptors (Lipinski definition) is 7. The molecule has 0 aromatic carbocycles. The number of likely N-dealkylation sites (N-methyl/N-ethyl adjacent to an activating group) is 1. The number of carbonyl (C=O) groups excluding carboxylic acids is 2. The third kappa shape index (κ3) is 6.34. The first-order chi connectivity index (χ1) is 24.2. The number of nitrogens with zero attached hydrogens (tertiary/aromatic N) is 1. The Morgan fingerprint density at radius 1 is 0.942 bits per heavy atom. The van der Waals surface area contributed by atoms with Crippen LogP contribution in [0.25, 0.3) is 0 Å². The zero-order valence-corrected chi connectivity index (χ0v) is 34.3. The number of fused-ring (bicyclic) bond motifs is 7. The van der Waals surface area contributed by atoms with Crippen molar-refractivity contribution in [3.63, 3.8) is 0 Å². The van der Waals surface area contributed by atoms with E-state index in [0.717, 1.165) is 82.5 Å². The lowest BCUT2D eigenvalue weighted by Gasteiger charge is -2.72. The summed E-state index contributed by atoms with van der Waals surface area (Å²) in [6, 6.07) is 0. The van der Waals surface area contributed by atoms with Gasteiger partial charge in [0.2, 0.25) is 0 Å². The van der Waals surface area contributed by atoms with Crippen LogP contribution in [0, 0.1) is 62.1 Å². The average molecular weight is 725 g/mol. The molecule has 0 aromatic rings. The molecule has 5 fully saturated rings. The maximum Gasteiger partial charge on any atom is 0.309 e. The molecule has 3 N–H and O–H groups in total. The second kappa shape index (κ2) is 13.8. The summed E-state index contributed by atoms with van der Waals surface area (Å²) in [5, 5.41) is 25.4. The van der Waals surface area contributed by atoms with Gasteiger partial charge in [-0.3, -0.25) is 19.3 Å². The van der Waals surface area contributed by atoms with Gasteiger partial charge in [-0.15, -0.1) is 0 Å². The van der Waals surface area contributed by atoms with E-state index in [9.17, 15) is 24.6 Å². The Labute approximate surface area is 314 Å². The first-order valence-electron chi connectivity index (χ1n) is 20.9. The lowest BCUT2D eigenvalue weighted by Crippen LogP contribution is -2.66. The molecule has 0 heterocycles. The summed E-state index contributed by atoms with van der Waals surface area (Å²) >= 11 is 0. The molecule has 0 aromatic heterocycles. The van der Waals surface area contributed by atoms with Crippen molar-refractivity contribution in [2.24, 2.45) is 62.1 Å². The molecular weight excluding hydrogens is 652 g/mol. The van der Waals surface area contributed by atoms with Crippen molar-refractivity contribution in [2.75, 3.05) is 33.2 Å². The monoisotopic (exact) mass is 725 g/mol. The zero-order valence-electron chi connectivity index (χ0n) is 34.3. The highest BCUT2D eigenvalue weighted by molar-refractivity contribution is 6.00. The molecule has 6 aliphatic carbocycles. The summed E-state index contributed by atoms with van der Waals surface area (Å²) < 4.78 is 6.18. The molecule has 6 aliphatic rings. The van der Waals surface area contributed by atoms with Crippen molar-refractivity contribution in [2.45, 2.75) is 152 Å². The number of aliphatic hydroxyl groups excluding tert-OH is 1. The Kier molecular flexibility index (Phi) is 10.6. The van der Waals surface area contributed by atoms with E-state index in [1.54, 1.807) is 13.8 Å². The smallest absolute Gasteiger partial charge is 0.309 e. The fourth-order valence-electron chi connectivity index (χ4n) is 13.5. The van der Waals surface area contributed by atoms with Crippen molar-refractivity contribution in [1.29, 1.82) is 0 Å². The van der Waals surface area contributed by atoms with Crippen LogP contribution in [-0.2, 0) is 19.1 Å². The highest BCUT2D eigenvalue weighted by Gasteiger charge is 2.71. The number of aliphatic hydroxyl groups is 1. The largest absolute Gasteiger partial charge is 0.481 e. The molecule has 9 unspecified atom stereocenters. The zero-order chi connectivity index (χ0) is 38.2. The van der Waals surface area contributed by atoms with Gasteiger partial charge in [0.1, 0.15) is 6.10 Å². The van der Waals surface area contributed by atoms with Crippen LogP contribution < -0.4 is 5.32 Å². The fraction of sp³-hybridized carbons (Fsp3) is 0.886. The summed E-state index contributed by atoms with van der Waals surface area (Å²) in [5.41, 5.74) is 0.710. The van der Waals surface area contributed by atoms with E-state index in [1.165, 1.54) is 18.4 Å². The lowest BCUT2D eigenvalue weighted by molar-refractivity contribution is -0.235. The second-order valence-electron chi connectivity index (χ2n) is 20.9. The van der Waals surface area contributed by atoms with Crippen molar-refractivity contribution < 1.29 is 29.3 Å². The van der Waals surface area contributed by atoms with Gasteiger partial charge >= 0.3 is 11.9 Å². The standard InChI is InChI=1S/C44H72N2O6/c1-27(2)36-30(47)23-44(33(48)26-46(22-21-45-10)25-28-11-12-28)20-19-42(8)29(37(36)44)13-14-32-41(7)17-16-34(52-35(49)24-39(3,4)38(50)51)40(5,6)31(41)15-18-43(32,42)9/h27-29,31-34,45,48H,11-26H2,1-10H3,(H,50,51). The highest BCUT2D eigenvalue weighted by atomic mass is 16.5. The van der Waals surface area contributed by atoms with Crippen LogP contribution in [0.5, 0.6) is 0 Å². The predicted octanol–water partition coefficient (Wildman–Crippen LogP) is 7.67. The average Bonchev–Trinajstić information content (AvgIpc) is 3.80. The quantitative estimate of drug-likeness (QED) is 0.166. The van der Waals surface area contributed by atoms with E-state index < -0.39 is 28.9 Å². The molecule has 294 valence electrons. The van der Waals surface area contributed by atoms with Gasteiger partial charge in [0, 0.05) is 43.4 Å². The van der Waals surface area contributed by atoms with Crippen LogP contribution in [0.15, 0.2) is 11.1 Å². The number of Topliss-reactive ketones (excluding diaryl/α,β-unsaturated/α-hetero) is 1. The first-order valence-corrected chi connectivity index (χ1v) is 20.9. The number of aliphatic carboxylic acids is 1. The molecule has 52 heavy (non-hydrogen) atoms. The van der Waals surface area contributed by atoms with Crippen molar-refractivity contribution in [1.82, 2.24) is 10.2 Å². The van der Waals surface area contributed by atoms with E-state index in [-0.39, 0.29) is 45.9 Å². The molecule has 0 amide bonds. The number of ether oxygens (including phenoxy) is 1. The number of allylic oxidation sites excluding steroid dienone is 1. The lowest BCUT2D eigenvalue weighted by atomic mass is 9.33.